The molecule has 1 aliphatic rings. The number of fused-ring (bicyclic) bond motifs is 1. The Morgan fingerprint density at radius 3 is 2.41 bits per heavy atom. The van der Waals surface area contributed by atoms with Crippen LogP contribution in [0.25, 0.3) is 0 Å². The fourth-order valence-corrected chi connectivity index (χ4v) is 5.67. The summed E-state index contributed by atoms with van der Waals surface area (Å²) >= 11 is 0. The van der Waals surface area contributed by atoms with Crippen LogP contribution in [-0.4, -0.2) is 83.4 Å². The highest BCUT2D eigenvalue weighted by Crippen LogP contribution is 2.31. The molecule has 0 bridgehead atoms. The van der Waals surface area contributed by atoms with E-state index in [1.54, 1.807) is 36.4 Å². The standard InChI is InChI=1S/C36H46F3N5O5/c1-24-20-44(25(2)23-45)34(46)31-19-30(42-35(47)41-29-10-8-28(9-11-29)36(37,38)39)12-13-32(31)49-26(3)7-5-6-18-48-33(24)22-43(4)21-27-14-16-40-17-15-27/h8-17,19,24-26,33,45H,5-7,18,20-23H2,1-4H3,(H2,41,42,47)/t24-,25+,26+,33+/m1/s1. The lowest BCUT2D eigenvalue weighted by Gasteiger charge is -2.36. The fraction of sp³-hybridized carbons (Fsp3) is 0.472. The van der Waals surface area contributed by atoms with Crippen LogP contribution >= 0.6 is 0 Å². The second kappa shape index (κ2) is 17.5. The van der Waals surface area contributed by atoms with Crippen molar-refractivity contribution in [3.63, 3.8) is 0 Å². The van der Waals surface area contributed by atoms with E-state index in [1.807, 2.05) is 33.0 Å². The summed E-state index contributed by atoms with van der Waals surface area (Å²) in [6, 6.07) is 11.5. The number of aliphatic hydroxyl groups excluding tert-OH is 1. The van der Waals surface area contributed by atoms with Gasteiger partial charge in [-0.2, -0.15) is 13.2 Å². The van der Waals surface area contributed by atoms with Crippen molar-refractivity contribution >= 4 is 23.3 Å². The molecule has 1 aromatic heterocycles. The van der Waals surface area contributed by atoms with E-state index in [0.29, 0.717) is 25.4 Å². The highest BCUT2D eigenvalue weighted by molar-refractivity contribution is 6.02. The molecule has 2 aromatic carbocycles. The molecule has 0 spiro atoms. The number of carbonyl (C=O) groups excluding carboxylic acids is 2. The molecule has 266 valence electrons. The summed E-state index contributed by atoms with van der Waals surface area (Å²) in [5.74, 6) is -0.154. The van der Waals surface area contributed by atoms with Crippen LogP contribution in [0.2, 0.25) is 0 Å². The number of halogens is 3. The van der Waals surface area contributed by atoms with Gasteiger partial charge in [0.2, 0.25) is 0 Å². The molecule has 0 fully saturated rings. The lowest BCUT2D eigenvalue weighted by Crippen LogP contribution is -2.47. The van der Waals surface area contributed by atoms with Crippen molar-refractivity contribution in [2.24, 2.45) is 5.92 Å². The molecule has 0 aliphatic carbocycles. The molecular weight excluding hydrogens is 639 g/mol. The molecule has 4 rings (SSSR count). The Hall–Kier alpha value is -4.20. The molecule has 3 amide bonds. The molecule has 0 saturated heterocycles. The van der Waals surface area contributed by atoms with Crippen LogP contribution < -0.4 is 15.4 Å². The van der Waals surface area contributed by atoms with Crippen molar-refractivity contribution in [2.45, 2.75) is 71.0 Å². The monoisotopic (exact) mass is 685 g/mol. The minimum atomic E-state index is -4.49. The number of rotatable bonds is 8. The average molecular weight is 686 g/mol. The zero-order chi connectivity index (χ0) is 35.6. The van der Waals surface area contributed by atoms with E-state index in [0.717, 1.165) is 49.1 Å². The van der Waals surface area contributed by atoms with Crippen LogP contribution in [-0.2, 0) is 17.5 Å². The smallest absolute Gasteiger partial charge is 0.416 e. The molecule has 49 heavy (non-hydrogen) atoms. The van der Waals surface area contributed by atoms with Gasteiger partial charge < -0.3 is 30.1 Å². The minimum Gasteiger partial charge on any atom is -0.490 e. The lowest BCUT2D eigenvalue weighted by atomic mass is 10.0. The summed E-state index contributed by atoms with van der Waals surface area (Å²) in [4.78, 5) is 35.0. The van der Waals surface area contributed by atoms with Crippen molar-refractivity contribution in [3.8, 4) is 5.75 Å². The fourth-order valence-electron chi connectivity index (χ4n) is 5.67. The molecule has 0 unspecified atom stereocenters. The zero-order valence-electron chi connectivity index (χ0n) is 28.4. The van der Waals surface area contributed by atoms with E-state index < -0.39 is 23.8 Å². The van der Waals surface area contributed by atoms with Crippen molar-refractivity contribution in [1.82, 2.24) is 14.8 Å². The number of likely N-dealkylation sites (N-methyl/N-ethyl adjacent to an activating group) is 1. The number of hydrogen-bond donors (Lipinski definition) is 3. The molecule has 4 atom stereocenters. The molecule has 3 N–H and O–H groups in total. The average Bonchev–Trinajstić information content (AvgIpc) is 3.06. The molecule has 13 heteroatoms. The Labute approximate surface area is 285 Å². The van der Waals surface area contributed by atoms with Crippen LogP contribution in [0, 0.1) is 5.92 Å². The summed E-state index contributed by atoms with van der Waals surface area (Å²) in [6.45, 7) is 7.63. The highest BCUT2D eigenvalue weighted by Gasteiger charge is 2.31. The number of urea groups is 1. The first-order valence-electron chi connectivity index (χ1n) is 16.5. The minimum absolute atomic E-state index is 0.111. The predicted octanol–water partition coefficient (Wildman–Crippen LogP) is 6.67. The van der Waals surface area contributed by atoms with Crippen molar-refractivity contribution in [3.05, 3.63) is 83.7 Å². The van der Waals surface area contributed by atoms with Gasteiger partial charge in [0.25, 0.3) is 5.91 Å². The van der Waals surface area contributed by atoms with Crippen molar-refractivity contribution in [1.29, 1.82) is 0 Å². The van der Waals surface area contributed by atoms with Crippen LogP contribution in [0.1, 0.15) is 61.5 Å². The van der Waals surface area contributed by atoms with Crippen molar-refractivity contribution in [2.75, 3.05) is 44.0 Å². The number of nitrogens with zero attached hydrogens (tertiary/aromatic N) is 3. The van der Waals surface area contributed by atoms with Gasteiger partial charge in [0, 0.05) is 55.9 Å². The molecule has 0 radical (unpaired) electrons. The maximum absolute atomic E-state index is 14.3. The second-order valence-electron chi connectivity index (χ2n) is 12.7. The van der Waals surface area contributed by atoms with Crippen LogP contribution in [0.4, 0.5) is 29.3 Å². The van der Waals surface area contributed by atoms with Gasteiger partial charge in [0.15, 0.2) is 0 Å². The number of ether oxygens (including phenoxy) is 2. The predicted molar refractivity (Wildman–Crippen MR) is 182 cm³/mol. The first kappa shape index (κ1) is 37.6. The van der Waals surface area contributed by atoms with E-state index in [9.17, 15) is 27.9 Å². The summed E-state index contributed by atoms with van der Waals surface area (Å²) in [7, 11) is 2.03. The third-order valence-electron chi connectivity index (χ3n) is 8.47. The summed E-state index contributed by atoms with van der Waals surface area (Å²) < 4.78 is 51.5. The van der Waals surface area contributed by atoms with E-state index in [1.165, 1.54) is 6.07 Å². The Morgan fingerprint density at radius 1 is 1.06 bits per heavy atom. The van der Waals surface area contributed by atoms with E-state index >= 15 is 0 Å². The van der Waals surface area contributed by atoms with Crippen LogP contribution in [0.15, 0.2) is 67.0 Å². The van der Waals surface area contributed by atoms with Crippen LogP contribution in [0.5, 0.6) is 5.75 Å². The number of hydrogen-bond acceptors (Lipinski definition) is 7. The number of anilines is 2. The lowest BCUT2D eigenvalue weighted by molar-refractivity contribution is -0.137. The van der Waals surface area contributed by atoms with Gasteiger partial charge in [-0.1, -0.05) is 6.92 Å². The van der Waals surface area contributed by atoms with Gasteiger partial charge in [-0.25, -0.2) is 4.79 Å². The van der Waals surface area contributed by atoms with Crippen molar-refractivity contribution < 1.29 is 37.3 Å². The van der Waals surface area contributed by atoms with Gasteiger partial charge in [-0.15, -0.1) is 0 Å². The Balaban J connectivity index is 1.57. The number of alkyl halides is 3. The van der Waals surface area contributed by atoms with Gasteiger partial charge in [-0.3, -0.25) is 14.7 Å². The number of aromatic nitrogens is 1. The Bertz CT molecular complexity index is 1510. The maximum atomic E-state index is 14.3. The maximum Gasteiger partial charge on any atom is 0.416 e. The Kier molecular flexibility index (Phi) is 13.4. The normalized spacial score (nSPS) is 20.1. The third kappa shape index (κ3) is 11.2. The number of aliphatic hydroxyl groups is 1. The second-order valence-corrected chi connectivity index (χ2v) is 12.7. The number of nitrogens with one attached hydrogen (secondary N) is 2. The van der Waals surface area contributed by atoms with Gasteiger partial charge in [-0.05, 0) is 100 Å². The van der Waals surface area contributed by atoms with E-state index in [4.69, 9.17) is 9.47 Å². The molecule has 10 nitrogen and oxygen atoms in total. The molecule has 0 saturated carbocycles. The molecular formula is C36H46F3N5O5. The first-order valence-corrected chi connectivity index (χ1v) is 16.5. The molecule has 1 aliphatic heterocycles. The number of amides is 3. The summed E-state index contributed by atoms with van der Waals surface area (Å²) in [5.41, 5.74) is 0.939. The van der Waals surface area contributed by atoms with Gasteiger partial charge >= 0.3 is 12.2 Å². The Morgan fingerprint density at radius 2 is 1.73 bits per heavy atom. The highest BCUT2D eigenvalue weighted by atomic mass is 19.4. The zero-order valence-corrected chi connectivity index (χ0v) is 28.4. The van der Waals surface area contributed by atoms with E-state index in [2.05, 4.69) is 20.5 Å². The van der Waals surface area contributed by atoms with Gasteiger partial charge in [0.1, 0.15) is 5.75 Å². The molecule has 2 heterocycles. The van der Waals surface area contributed by atoms with Crippen LogP contribution in [0.3, 0.4) is 0 Å². The number of benzene rings is 2. The molecule has 3 aromatic rings. The summed E-state index contributed by atoms with van der Waals surface area (Å²) in [6.07, 6.45) is 1.03. The SMILES string of the molecule is C[C@@H]1CN([C@@H](C)CO)C(=O)c2cc(NC(=O)Nc3ccc(C(F)(F)F)cc3)ccc2O[C@@H](C)CCCCO[C@H]1CN(C)Cc1ccncc1. The largest absolute Gasteiger partial charge is 0.490 e. The van der Waals surface area contributed by atoms with E-state index in [-0.39, 0.29) is 54.1 Å². The topological polar surface area (TPSA) is 116 Å². The number of carbonyl (C=O) groups is 2. The number of pyridine rings is 1. The third-order valence-corrected chi connectivity index (χ3v) is 8.47. The quantitative estimate of drug-likeness (QED) is 0.243. The first-order chi connectivity index (χ1) is 23.3. The van der Waals surface area contributed by atoms with Gasteiger partial charge in [0.05, 0.1) is 36.0 Å². The summed E-state index contributed by atoms with van der Waals surface area (Å²) in [5, 5.41) is 15.4.